The number of nitrogens with zero attached hydrogens (tertiary/aromatic N) is 2. The van der Waals surface area contributed by atoms with E-state index in [9.17, 15) is 24.8 Å². The first kappa shape index (κ1) is 23.0. The molecule has 0 radical (unpaired) electrons. The summed E-state index contributed by atoms with van der Waals surface area (Å²) in [6.07, 6.45) is 0. The molecule has 1 unspecified atom stereocenters. The Balaban J connectivity index is 2.64. The van der Waals surface area contributed by atoms with Gasteiger partial charge in [0.15, 0.2) is 0 Å². The fraction of sp³-hybridized carbons (Fsp3) is 0.400. The predicted molar refractivity (Wildman–Crippen MR) is 105 cm³/mol. The number of carboxylic acid groups (broad SMARTS) is 1. The highest BCUT2D eigenvalue weighted by atomic mass is 16.6. The smallest absolute Gasteiger partial charge is 0.336 e. The molecule has 0 spiro atoms. The molecule has 10 heteroatoms. The summed E-state index contributed by atoms with van der Waals surface area (Å²) in [5.74, 6) is -3.01. The maximum atomic E-state index is 12.7. The lowest BCUT2D eigenvalue weighted by Crippen LogP contribution is -2.36. The molecule has 0 bridgehead atoms. The summed E-state index contributed by atoms with van der Waals surface area (Å²) in [4.78, 5) is 37.1. The molecule has 1 N–H and O–H groups in total. The average molecular weight is 420 g/mol. The molecule has 0 saturated heterocycles. The summed E-state index contributed by atoms with van der Waals surface area (Å²) in [7, 11) is 2.72. The van der Waals surface area contributed by atoms with E-state index in [0.29, 0.717) is 23.6 Å². The minimum atomic E-state index is -1.25. The molecule has 0 saturated carbocycles. The molecule has 1 atom stereocenters. The Bertz CT molecular complexity index is 906. The Kier molecular flexibility index (Phi) is 7.67. The van der Waals surface area contributed by atoms with E-state index in [1.165, 1.54) is 32.4 Å². The van der Waals surface area contributed by atoms with Gasteiger partial charge in [0.25, 0.3) is 5.69 Å². The summed E-state index contributed by atoms with van der Waals surface area (Å²) in [5.41, 5.74) is 0.899. The zero-order valence-electron chi connectivity index (χ0n) is 17.2. The van der Waals surface area contributed by atoms with Crippen LogP contribution in [0.2, 0.25) is 0 Å². The zero-order chi connectivity index (χ0) is 22.4. The summed E-state index contributed by atoms with van der Waals surface area (Å²) in [5, 5.41) is 21.2. The van der Waals surface area contributed by atoms with Gasteiger partial charge in [-0.25, -0.2) is 9.59 Å². The van der Waals surface area contributed by atoms with Crippen LogP contribution in [0.4, 0.5) is 5.69 Å². The van der Waals surface area contributed by atoms with Crippen LogP contribution in [-0.4, -0.2) is 61.0 Å². The number of allylic oxidation sites excluding steroid dienone is 2. The molecule has 162 valence electrons. The number of aliphatic carboxylic acids is 1. The Morgan fingerprint density at radius 3 is 2.40 bits per heavy atom. The third-order valence-corrected chi connectivity index (χ3v) is 4.87. The molecule has 1 aromatic rings. The van der Waals surface area contributed by atoms with Gasteiger partial charge in [0.05, 0.1) is 42.3 Å². The van der Waals surface area contributed by atoms with Gasteiger partial charge in [-0.2, -0.15) is 0 Å². The molecule has 0 amide bonds. The van der Waals surface area contributed by atoms with Gasteiger partial charge in [-0.05, 0) is 19.4 Å². The highest BCUT2D eigenvalue weighted by Crippen LogP contribution is 2.43. The number of carbonyl (C=O) groups excluding carboxylic acids is 1. The minimum absolute atomic E-state index is 0.0000413. The van der Waals surface area contributed by atoms with Crippen molar-refractivity contribution < 1.29 is 33.8 Å². The lowest BCUT2D eigenvalue weighted by Gasteiger charge is -2.37. The summed E-state index contributed by atoms with van der Waals surface area (Å²) >= 11 is 0. The molecule has 1 aromatic carbocycles. The number of non-ortho nitro benzene ring substituents is 1. The first-order valence-electron chi connectivity index (χ1n) is 9.06. The number of hydrogen-bond acceptors (Lipinski definition) is 8. The van der Waals surface area contributed by atoms with E-state index in [0.717, 1.165) is 0 Å². The number of hydrogen-bond donors (Lipinski definition) is 1. The first-order chi connectivity index (χ1) is 14.2. The van der Waals surface area contributed by atoms with Crippen molar-refractivity contribution in [2.45, 2.75) is 19.8 Å². The van der Waals surface area contributed by atoms with Crippen molar-refractivity contribution in [3.63, 3.8) is 0 Å². The van der Waals surface area contributed by atoms with Crippen LogP contribution in [0.5, 0.6) is 0 Å². The van der Waals surface area contributed by atoms with Crippen molar-refractivity contribution in [2.24, 2.45) is 0 Å². The zero-order valence-corrected chi connectivity index (χ0v) is 17.2. The van der Waals surface area contributed by atoms with Gasteiger partial charge >= 0.3 is 11.9 Å². The average Bonchev–Trinajstić information content (AvgIpc) is 2.71. The Labute approximate surface area is 173 Å². The quantitative estimate of drug-likeness (QED) is 0.277. The topological polar surface area (TPSA) is 128 Å². The number of rotatable bonds is 9. The number of nitro benzene ring substituents is 1. The molecular weight excluding hydrogens is 396 g/mol. The van der Waals surface area contributed by atoms with Crippen molar-refractivity contribution in [3.05, 3.63) is 62.5 Å². The molecule has 0 fully saturated rings. The Morgan fingerprint density at radius 1 is 1.17 bits per heavy atom. The second-order valence-corrected chi connectivity index (χ2v) is 6.54. The monoisotopic (exact) mass is 420 g/mol. The van der Waals surface area contributed by atoms with E-state index in [-0.39, 0.29) is 30.2 Å². The third-order valence-electron chi connectivity index (χ3n) is 4.87. The molecule has 1 aliphatic heterocycles. The van der Waals surface area contributed by atoms with Gasteiger partial charge in [0.1, 0.15) is 6.73 Å². The number of nitro groups is 1. The van der Waals surface area contributed by atoms with Crippen molar-refractivity contribution in [2.75, 3.05) is 34.2 Å². The van der Waals surface area contributed by atoms with Crippen LogP contribution in [0.1, 0.15) is 25.3 Å². The van der Waals surface area contributed by atoms with Crippen molar-refractivity contribution in [1.29, 1.82) is 0 Å². The number of ether oxygens (including phenoxy) is 3. The van der Waals surface area contributed by atoms with Crippen LogP contribution in [0, 0.1) is 10.1 Å². The molecule has 30 heavy (non-hydrogen) atoms. The fourth-order valence-electron chi connectivity index (χ4n) is 3.40. The highest BCUT2D eigenvalue weighted by Gasteiger charge is 2.40. The molecule has 0 aromatic heterocycles. The predicted octanol–water partition coefficient (Wildman–Crippen LogP) is 2.42. The van der Waals surface area contributed by atoms with Crippen LogP contribution in [0.25, 0.3) is 0 Å². The third kappa shape index (κ3) is 4.66. The molecule has 0 aliphatic carbocycles. The number of esters is 1. The Morgan fingerprint density at radius 2 is 1.83 bits per heavy atom. The van der Waals surface area contributed by atoms with Crippen LogP contribution in [0.3, 0.4) is 0 Å². The van der Waals surface area contributed by atoms with Gasteiger partial charge in [0, 0.05) is 30.6 Å². The second-order valence-electron chi connectivity index (χ2n) is 6.54. The molecule has 1 aliphatic rings. The number of benzene rings is 1. The van der Waals surface area contributed by atoms with E-state index in [4.69, 9.17) is 14.2 Å². The van der Waals surface area contributed by atoms with Gasteiger partial charge < -0.3 is 24.2 Å². The lowest BCUT2D eigenvalue weighted by molar-refractivity contribution is -0.384. The molecular formula is C20H24N2O8. The van der Waals surface area contributed by atoms with Crippen LogP contribution in [-0.2, 0) is 23.8 Å². The highest BCUT2D eigenvalue weighted by molar-refractivity contribution is 5.99. The number of carbonyl (C=O) groups is 2. The van der Waals surface area contributed by atoms with Crippen molar-refractivity contribution in [3.8, 4) is 0 Å². The van der Waals surface area contributed by atoms with Crippen LogP contribution in [0.15, 0.2) is 46.8 Å². The summed E-state index contributed by atoms with van der Waals surface area (Å²) < 4.78 is 15.4. The largest absolute Gasteiger partial charge is 0.478 e. The molecule has 1 heterocycles. The van der Waals surface area contributed by atoms with Crippen molar-refractivity contribution >= 4 is 17.6 Å². The Hall–Kier alpha value is -3.24. The van der Waals surface area contributed by atoms with E-state index in [1.807, 2.05) is 0 Å². The van der Waals surface area contributed by atoms with Gasteiger partial charge in [-0.15, -0.1) is 0 Å². The maximum absolute atomic E-state index is 12.7. The maximum Gasteiger partial charge on any atom is 0.336 e. The minimum Gasteiger partial charge on any atom is -0.478 e. The number of carboxylic acids is 1. The molecule has 2 rings (SSSR count). The summed E-state index contributed by atoms with van der Waals surface area (Å²) in [6, 6.07) is 5.57. The van der Waals surface area contributed by atoms with E-state index >= 15 is 0 Å². The van der Waals surface area contributed by atoms with Gasteiger partial charge in [0.2, 0.25) is 0 Å². The first-order valence-corrected chi connectivity index (χ1v) is 9.06. The lowest BCUT2D eigenvalue weighted by atomic mass is 9.79. The molecule has 10 nitrogen and oxygen atoms in total. The van der Waals surface area contributed by atoms with Crippen molar-refractivity contribution in [1.82, 2.24) is 4.90 Å². The second kappa shape index (κ2) is 9.99. The van der Waals surface area contributed by atoms with Gasteiger partial charge in [-0.3, -0.25) is 10.1 Å². The normalized spacial score (nSPS) is 16.7. The SMILES string of the molecule is COCCOCN1C(C)=C(C(=O)O)C(c2cccc([N+](=O)[O-])c2)C(C(=O)OC)=C1C. The fourth-order valence-corrected chi connectivity index (χ4v) is 3.40. The summed E-state index contributed by atoms with van der Waals surface area (Å²) in [6.45, 7) is 3.88. The number of methoxy groups -OCH3 is 2. The standard InChI is InChI=1S/C20H24N2O8/c1-12-16(19(23)24)18(14-6-5-7-15(10-14)22(26)27)17(20(25)29-4)13(2)21(12)11-30-9-8-28-3/h5-7,10,18H,8-9,11H2,1-4H3,(H,23,24). The van der Waals surface area contributed by atoms with E-state index < -0.39 is 22.8 Å². The van der Waals surface area contributed by atoms with Crippen LogP contribution < -0.4 is 0 Å². The van der Waals surface area contributed by atoms with E-state index in [2.05, 4.69) is 0 Å². The van der Waals surface area contributed by atoms with E-state index in [1.54, 1.807) is 24.8 Å². The van der Waals surface area contributed by atoms with Gasteiger partial charge in [-0.1, -0.05) is 12.1 Å². The van der Waals surface area contributed by atoms with Crippen LogP contribution >= 0.6 is 0 Å².